The molecule has 3 heteroatoms. The largest absolute Gasteiger partial charge is 0.356 e. The predicted octanol–water partition coefficient (Wildman–Crippen LogP) is 3.07. The van der Waals surface area contributed by atoms with Crippen molar-refractivity contribution < 1.29 is 4.52 Å². The van der Waals surface area contributed by atoms with Crippen LogP contribution in [0.1, 0.15) is 30.1 Å². The molecule has 0 radical (unpaired) electrons. The van der Waals surface area contributed by atoms with E-state index in [-0.39, 0.29) is 0 Å². The second-order valence-corrected chi connectivity index (χ2v) is 4.63. The standard InChI is InChI=1S/C14H16N2O/c1-10-4-6-11(7-5-10)14-9-13(16-17-14)12-3-2-8-15-12/h4-7,9,12,15H,2-3,8H2,1H3. The molecule has 1 aliphatic rings. The molecule has 3 rings (SSSR count). The van der Waals surface area contributed by atoms with Crippen LogP contribution in [0, 0.1) is 6.92 Å². The minimum absolute atomic E-state index is 0.373. The smallest absolute Gasteiger partial charge is 0.167 e. The molecule has 1 aliphatic heterocycles. The molecule has 1 aromatic carbocycles. The van der Waals surface area contributed by atoms with Crippen LogP contribution in [0.5, 0.6) is 0 Å². The van der Waals surface area contributed by atoms with Gasteiger partial charge in [0.05, 0.1) is 6.04 Å². The van der Waals surface area contributed by atoms with Gasteiger partial charge >= 0.3 is 0 Å². The van der Waals surface area contributed by atoms with Gasteiger partial charge in [0.25, 0.3) is 0 Å². The summed E-state index contributed by atoms with van der Waals surface area (Å²) in [5.41, 5.74) is 3.37. The van der Waals surface area contributed by atoms with E-state index in [1.165, 1.54) is 12.0 Å². The highest BCUT2D eigenvalue weighted by atomic mass is 16.5. The number of benzene rings is 1. The van der Waals surface area contributed by atoms with Crippen molar-refractivity contribution in [2.45, 2.75) is 25.8 Å². The van der Waals surface area contributed by atoms with Crippen molar-refractivity contribution in [3.8, 4) is 11.3 Å². The van der Waals surface area contributed by atoms with Crippen LogP contribution >= 0.6 is 0 Å². The third kappa shape index (κ3) is 2.11. The van der Waals surface area contributed by atoms with Gasteiger partial charge in [-0.2, -0.15) is 0 Å². The SMILES string of the molecule is Cc1ccc(-c2cc(C3CCCN3)no2)cc1. The van der Waals surface area contributed by atoms with E-state index in [9.17, 15) is 0 Å². The third-order valence-corrected chi connectivity index (χ3v) is 3.28. The van der Waals surface area contributed by atoms with Gasteiger partial charge in [0.15, 0.2) is 5.76 Å². The zero-order valence-corrected chi connectivity index (χ0v) is 9.94. The molecule has 0 saturated carbocycles. The molecule has 2 aromatic rings. The molecule has 1 saturated heterocycles. The molecule has 1 fully saturated rings. The minimum atomic E-state index is 0.373. The average molecular weight is 228 g/mol. The molecule has 88 valence electrons. The summed E-state index contributed by atoms with van der Waals surface area (Å²) < 4.78 is 5.41. The summed E-state index contributed by atoms with van der Waals surface area (Å²) in [7, 11) is 0. The Morgan fingerprint density at radius 2 is 2.12 bits per heavy atom. The molecular weight excluding hydrogens is 212 g/mol. The Balaban J connectivity index is 1.86. The summed E-state index contributed by atoms with van der Waals surface area (Å²) >= 11 is 0. The van der Waals surface area contributed by atoms with Gasteiger partial charge in [-0.15, -0.1) is 0 Å². The molecule has 1 unspecified atom stereocenters. The second kappa shape index (κ2) is 4.34. The fourth-order valence-electron chi connectivity index (χ4n) is 2.24. The van der Waals surface area contributed by atoms with Crippen LogP contribution in [0.2, 0.25) is 0 Å². The molecule has 17 heavy (non-hydrogen) atoms. The first-order valence-electron chi connectivity index (χ1n) is 6.10. The van der Waals surface area contributed by atoms with Crippen molar-refractivity contribution >= 4 is 0 Å². The molecule has 0 amide bonds. The highest BCUT2D eigenvalue weighted by Crippen LogP contribution is 2.27. The Bertz CT molecular complexity index is 495. The van der Waals surface area contributed by atoms with Gasteiger partial charge in [-0.05, 0) is 26.3 Å². The maximum atomic E-state index is 5.41. The van der Waals surface area contributed by atoms with Crippen LogP contribution in [-0.2, 0) is 0 Å². The topological polar surface area (TPSA) is 38.1 Å². The van der Waals surface area contributed by atoms with Crippen molar-refractivity contribution in [2.24, 2.45) is 0 Å². The van der Waals surface area contributed by atoms with Crippen molar-refractivity contribution in [3.63, 3.8) is 0 Å². The summed E-state index contributed by atoms with van der Waals surface area (Å²) in [6.45, 7) is 3.16. The Morgan fingerprint density at radius 3 is 2.82 bits per heavy atom. The molecule has 0 bridgehead atoms. The van der Waals surface area contributed by atoms with Gasteiger partial charge in [-0.25, -0.2) is 0 Å². The Kier molecular flexibility index (Phi) is 2.69. The lowest BCUT2D eigenvalue weighted by Crippen LogP contribution is -2.12. The van der Waals surface area contributed by atoms with E-state index in [4.69, 9.17) is 4.52 Å². The number of hydrogen-bond donors (Lipinski definition) is 1. The highest BCUT2D eigenvalue weighted by molar-refractivity contribution is 5.57. The number of nitrogens with zero attached hydrogens (tertiary/aromatic N) is 1. The summed E-state index contributed by atoms with van der Waals surface area (Å²) in [5.74, 6) is 0.855. The van der Waals surface area contributed by atoms with Gasteiger partial charge in [0.2, 0.25) is 0 Å². The first kappa shape index (κ1) is 10.5. The molecule has 1 aromatic heterocycles. The van der Waals surface area contributed by atoms with Gasteiger partial charge in [0, 0.05) is 11.6 Å². The van der Waals surface area contributed by atoms with E-state index in [0.717, 1.165) is 30.0 Å². The van der Waals surface area contributed by atoms with Crippen LogP contribution < -0.4 is 5.32 Å². The fourth-order valence-corrected chi connectivity index (χ4v) is 2.24. The normalized spacial score (nSPS) is 19.7. The molecule has 0 spiro atoms. The van der Waals surface area contributed by atoms with E-state index in [2.05, 4.69) is 41.7 Å². The van der Waals surface area contributed by atoms with E-state index < -0.39 is 0 Å². The van der Waals surface area contributed by atoms with Crippen molar-refractivity contribution in [3.05, 3.63) is 41.6 Å². The maximum Gasteiger partial charge on any atom is 0.167 e. The lowest BCUT2D eigenvalue weighted by atomic mass is 10.1. The third-order valence-electron chi connectivity index (χ3n) is 3.28. The van der Waals surface area contributed by atoms with E-state index in [0.29, 0.717) is 6.04 Å². The minimum Gasteiger partial charge on any atom is -0.356 e. The predicted molar refractivity (Wildman–Crippen MR) is 66.7 cm³/mol. The van der Waals surface area contributed by atoms with E-state index >= 15 is 0 Å². The summed E-state index contributed by atoms with van der Waals surface area (Å²) in [6.07, 6.45) is 2.37. The second-order valence-electron chi connectivity index (χ2n) is 4.63. The van der Waals surface area contributed by atoms with E-state index in [1.54, 1.807) is 0 Å². The number of hydrogen-bond acceptors (Lipinski definition) is 3. The Hall–Kier alpha value is -1.61. The monoisotopic (exact) mass is 228 g/mol. The Morgan fingerprint density at radius 1 is 1.29 bits per heavy atom. The number of nitrogens with one attached hydrogen (secondary N) is 1. The van der Waals surface area contributed by atoms with Crippen LogP contribution in [0.4, 0.5) is 0 Å². The van der Waals surface area contributed by atoms with Crippen LogP contribution in [0.25, 0.3) is 11.3 Å². The maximum absolute atomic E-state index is 5.41. The van der Waals surface area contributed by atoms with Crippen LogP contribution in [0.3, 0.4) is 0 Å². The van der Waals surface area contributed by atoms with Gasteiger partial charge in [-0.1, -0.05) is 35.0 Å². The van der Waals surface area contributed by atoms with Gasteiger partial charge < -0.3 is 9.84 Å². The summed E-state index contributed by atoms with van der Waals surface area (Å²) in [5, 5.41) is 7.58. The molecule has 3 nitrogen and oxygen atoms in total. The molecular formula is C14H16N2O. The quantitative estimate of drug-likeness (QED) is 0.858. The molecule has 0 aliphatic carbocycles. The van der Waals surface area contributed by atoms with Crippen molar-refractivity contribution in [1.82, 2.24) is 10.5 Å². The number of rotatable bonds is 2. The number of aryl methyl sites for hydroxylation is 1. The summed E-state index contributed by atoms with van der Waals surface area (Å²) in [4.78, 5) is 0. The number of aromatic nitrogens is 1. The summed E-state index contributed by atoms with van der Waals surface area (Å²) in [6, 6.07) is 10.7. The Labute approximate surface area is 101 Å². The first-order chi connectivity index (χ1) is 8.33. The van der Waals surface area contributed by atoms with Crippen molar-refractivity contribution in [2.75, 3.05) is 6.54 Å². The average Bonchev–Trinajstić information content (AvgIpc) is 3.00. The lowest BCUT2D eigenvalue weighted by Gasteiger charge is -2.03. The van der Waals surface area contributed by atoms with Crippen molar-refractivity contribution in [1.29, 1.82) is 0 Å². The van der Waals surface area contributed by atoms with Gasteiger partial charge in [-0.3, -0.25) is 0 Å². The zero-order valence-electron chi connectivity index (χ0n) is 9.94. The van der Waals surface area contributed by atoms with Gasteiger partial charge in [0.1, 0.15) is 5.69 Å². The highest BCUT2D eigenvalue weighted by Gasteiger charge is 2.20. The lowest BCUT2D eigenvalue weighted by molar-refractivity contribution is 0.412. The fraction of sp³-hybridized carbons (Fsp3) is 0.357. The first-order valence-corrected chi connectivity index (χ1v) is 6.10. The van der Waals surface area contributed by atoms with Crippen LogP contribution in [-0.4, -0.2) is 11.7 Å². The van der Waals surface area contributed by atoms with Crippen LogP contribution in [0.15, 0.2) is 34.9 Å². The zero-order chi connectivity index (χ0) is 11.7. The molecule has 2 heterocycles. The molecule has 1 atom stereocenters. The molecule has 1 N–H and O–H groups in total. The van der Waals surface area contributed by atoms with E-state index in [1.807, 2.05) is 6.07 Å².